The lowest BCUT2D eigenvalue weighted by molar-refractivity contribution is 0.704. The molecule has 3 rings (SSSR count). The number of rotatable bonds is 5. The first-order chi connectivity index (χ1) is 12.0. The number of nitrogens with zero attached hydrogens (tertiary/aromatic N) is 3. The van der Waals surface area contributed by atoms with Gasteiger partial charge in [-0.2, -0.15) is 0 Å². The summed E-state index contributed by atoms with van der Waals surface area (Å²) in [5, 5.41) is 3.91. The molecular formula is C18H19ClN4OS. The van der Waals surface area contributed by atoms with E-state index in [4.69, 9.17) is 11.6 Å². The van der Waals surface area contributed by atoms with Gasteiger partial charge in [-0.15, -0.1) is 0 Å². The summed E-state index contributed by atoms with van der Waals surface area (Å²) in [6.45, 7) is 6.64. The molecule has 0 saturated carbocycles. The van der Waals surface area contributed by atoms with Gasteiger partial charge in [-0.1, -0.05) is 29.9 Å². The van der Waals surface area contributed by atoms with E-state index >= 15 is 0 Å². The first-order valence-corrected chi connectivity index (χ1v) is 9.32. The van der Waals surface area contributed by atoms with Crippen LogP contribution in [-0.2, 0) is 13.0 Å². The Morgan fingerprint density at radius 2 is 2.08 bits per heavy atom. The third-order valence-corrected chi connectivity index (χ3v) is 5.42. The molecule has 0 atom stereocenters. The molecule has 5 nitrogen and oxygen atoms in total. The molecule has 0 unspecified atom stereocenters. The van der Waals surface area contributed by atoms with Gasteiger partial charge in [0.2, 0.25) is 5.95 Å². The van der Waals surface area contributed by atoms with E-state index < -0.39 is 0 Å². The summed E-state index contributed by atoms with van der Waals surface area (Å²) < 4.78 is 1.80. The minimum absolute atomic E-state index is 0.0517. The molecule has 0 spiro atoms. The molecule has 7 heteroatoms. The van der Waals surface area contributed by atoms with Crippen molar-refractivity contribution >= 4 is 34.6 Å². The number of hydrogen-bond donors (Lipinski definition) is 1. The van der Waals surface area contributed by atoms with Gasteiger partial charge in [0, 0.05) is 29.1 Å². The molecule has 0 aliphatic rings. The summed E-state index contributed by atoms with van der Waals surface area (Å²) in [6, 6.07) is 7.50. The van der Waals surface area contributed by atoms with E-state index in [1.807, 2.05) is 45.0 Å². The monoisotopic (exact) mass is 374 g/mol. The van der Waals surface area contributed by atoms with Crippen LogP contribution < -0.4 is 10.2 Å². The fraction of sp³-hybridized carbons (Fsp3) is 0.278. The Morgan fingerprint density at radius 1 is 1.28 bits per heavy atom. The fourth-order valence-corrected chi connectivity index (χ4v) is 3.93. The summed E-state index contributed by atoms with van der Waals surface area (Å²) in [5.74, 6) is 0.491. The largest absolute Gasteiger partial charge is 0.324 e. The van der Waals surface area contributed by atoms with E-state index in [1.165, 1.54) is 11.3 Å². The summed E-state index contributed by atoms with van der Waals surface area (Å²) in [5.41, 5.74) is 3.63. The predicted molar refractivity (Wildman–Crippen MR) is 104 cm³/mol. The Balaban J connectivity index is 1.97. The van der Waals surface area contributed by atoms with Crippen molar-refractivity contribution in [1.82, 2.24) is 14.5 Å². The van der Waals surface area contributed by atoms with Gasteiger partial charge in [-0.25, -0.2) is 9.97 Å². The maximum absolute atomic E-state index is 12.2. The van der Waals surface area contributed by atoms with Crippen LogP contribution in [0.5, 0.6) is 0 Å². The first kappa shape index (κ1) is 17.6. The maximum atomic E-state index is 12.2. The van der Waals surface area contributed by atoms with Gasteiger partial charge >= 0.3 is 4.87 Å². The normalized spacial score (nSPS) is 10.9. The zero-order valence-electron chi connectivity index (χ0n) is 14.3. The van der Waals surface area contributed by atoms with E-state index in [9.17, 15) is 4.79 Å². The minimum atomic E-state index is 0.0517. The standard InChI is InChI=1S/C18H19ClN4OS/c1-4-15-16(25-18(24)23(15)5-2)14-8-9-20-17(22-14)21-12-6-7-13(19)11(3)10-12/h6-10H,4-5H2,1-3H3,(H,20,21,22). The van der Waals surface area contributed by atoms with Crippen LogP contribution in [0.1, 0.15) is 25.1 Å². The minimum Gasteiger partial charge on any atom is -0.324 e. The van der Waals surface area contributed by atoms with Crippen LogP contribution in [0.15, 0.2) is 35.3 Å². The summed E-state index contributed by atoms with van der Waals surface area (Å²) in [7, 11) is 0. The Bertz CT molecular complexity index is 964. The molecule has 0 aliphatic heterocycles. The molecule has 3 aromatic rings. The molecule has 0 fully saturated rings. The zero-order chi connectivity index (χ0) is 18.0. The Morgan fingerprint density at radius 3 is 2.76 bits per heavy atom. The van der Waals surface area contributed by atoms with Crippen molar-refractivity contribution in [1.29, 1.82) is 0 Å². The van der Waals surface area contributed by atoms with E-state index in [-0.39, 0.29) is 4.87 Å². The van der Waals surface area contributed by atoms with Gasteiger partial charge in [0.25, 0.3) is 0 Å². The Labute approximate surface area is 155 Å². The van der Waals surface area contributed by atoms with Crippen molar-refractivity contribution in [2.45, 2.75) is 33.7 Å². The second-order valence-corrected chi connectivity index (χ2v) is 6.96. The highest BCUT2D eigenvalue weighted by Gasteiger charge is 2.15. The lowest BCUT2D eigenvalue weighted by Gasteiger charge is -2.09. The van der Waals surface area contributed by atoms with Crippen LogP contribution in [-0.4, -0.2) is 14.5 Å². The molecule has 1 aromatic carbocycles. The molecule has 2 aromatic heterocycles. The van der Waals surface area contributed by atoms with Gasteiger partial charge in [-0.3, -0.25) is 4.79 Å². The van der Waals surface area contributed by atoms with Crippen molar-refractivity contribution in [2.75, 3.05) is 5.32 Å². The van der Waals surface area contributed by atoms with Crippen LogP contribution in [0, 0.1) is 6.92 Å². The summed E-state index contributed by atoms with van der Waals surface area (Å²) in [4.78, 5) is 22.0. The Hall–Kier alpha value is -2.18. The van der Waals surface area contributed by atoms with Crippen molar-refractivity contribution in [3.63, 3.8) is 0 Å². The molecule has 1 N–H and O–H groups in total. The van der Waals surface area contributed by atoms with Crippen LogP contribution in [0.2, 0.25) is 5.02 Å². The number of benzene rings is 1. The molecule has 2 heterocycles. The molecular weight excluding hydrogens is 356 g/mol. The topological polar surface area (TPSA) is 59.8 Å². The average molecular weight is 375 g/mol. The predicted octanol–water partition coefficient (Wildman–Crippen LogP) is 4.65. The lowest BCUT2D eigenvalue weighted by Crippen LogP contribution is -2.13. The van der Waals surface area contributed by atoms with E-state index in [1.54, 1.807) is 10.8 Å². The van der Waals surface area contributed by atoms with Gasteiger partial charge < -0.3 is 9.88 Å². The molecule has 0 radical (unpaired) electrons. The first-order valence-electron chi connectivity index (χ1n) is 8.12. The number of hydrogen-bond acceptors (Lipinski definition) is 5. The summed E-state index contributed by atoms with van der Waals surface area (Å²) in [6.07, 6.45) is 2.48. The van der Waals surface area contributed by atoms with Crippen LogP contribution >= 0.6 is 22.9 Å². The second-order valence-electron chi connectivity index (χ2n) is 5.60. The highest BCUT2D eigenvalue weighted by atomic mass is 35.5. The quantitative estimate of drug-likeness (QED) is 0.705. The number of aryl methyl sites for hydroxylation is 1. The Kier molecular flexibility index (Phi) is 5.20. The molecule has 0 amide bonds. The number of halogens is 1. The van der Waals surface area contributed by atoms with Crippen LogP contribution in [0.3, 0.4) is 0 Å². The zero-order valence-corrected chi connectivity index (χ0v) is 15.9. The summed E-state index contributed by atoms with van der Waals surface area (Å²) >= 11 is 7.30. The molecule has 25 heavy (non-hydrogen) atoms. The maximum Gasteiger partial charge on any atom is 0.307 e. The van der Waals surface area contributed by atoms with Gasteiger partial charge in [-0.05, 0) is 50.1 Å². The van der Waals surface area contributed by atoms with Crippen molar-refractivity contribution in [3.8, 4) is 10.6 Å². The number of thiazole rings is 1. The van der Waals surface area contributed by atoms with Gasteiger partial charge in [0.05, 0.1) is 10.6 Å². The number of anilines is 2. The third kappa shape index (κ3) is 3.60. The van der Waals surface area contributed by atoms with E-state index in [0.717, 1.165) is 39.0 Å². The van der Waals surface area contributed by atoms with Gasteiger partial charge in [0.15, 0.2) is 0 Å². The highest BCUT2D eigenvalue weighted by molar-refractivity contribution is 7.13. The number of aromatic nitrogens is 3. The molecule has 0 bridgehead atoms. The van der Waals surface area contributed by atoms with Crippen LogP contribution in [0.4, 0.5) is 11.6 Å². The molecule has 0 aliphatic carbocycles. The van der Waals surface area contributed by atoms with Gasteiger partial charge in [0.1, 0.15) is 0 Å². The SMILES string of the molecule is CCc1c(-c2ccnc(Nc3ccc(Cl)c(C)c3)n2)sc(=O)n1CC. The third-order valence-electron chi connectivity index (χ3n) is 3.95. The molecule has 0 saturated heterocycles. The van der Waals surface area contributed by atoms with Crippen molar-refractivity contribution < 1.29 is 0 Å². The fourth-order valence-electron chi connectivity index (χ4n) is 2.70. The average Bonchev–Trinajstić information content (AvgIpc) is 2.94. The second kappa shape index (κ2) is 7.37. The van der Waals surface area contributed by atoms with Crippen LogP contribution in [0.25, 0.3) is 10.6 Å². The lowest BCUT2D eigenvalue weighted by atomic mass is 10.2. The van der Waals surface area contributed by atoms with Crippen molar-refractivity contribution in [2.24, 2.45) is 0 Å². The van der Waals surface area contributed by atoms with E-state index in [2.05, 4.69) is 15.3 Å². The number of nitrogens with one attached hydrogen (secondary N) is 1. The van der Waals surface area contributed by atoms with Crippen molar-refractivity contribution in [3.05, 3.63) is 56.4 Å². The molecule has 130 valence electrons. The highest BCUT2D eigenvalue weighted by Crippen LogP contribution is 2.27. The van der Waals surface area contributed by atoms with E-state index in [0.29, 0.717) is 12.5 Å². The smallest absolute Gasteiger partial charge is 0.307 e.